The molecule has 0 bridgehead atoms. The van der Waals surface area contributed by atoms with Crippen molar-refractivity contribution in [2.45, 2.75) is 18.7 Å². The molecule has 2 atom stereocenters. The highest BCUT2D eigenvalue weighted by Crippen LogP contribution is 2.39. The molecule has 138 valence electrons. The van der Waals surface area contributed by atoms with E-state index in [1.165, 1.54) is 0 Å². The van der Waals surface area contributed by atoms with E-state index in [0.29, 0.717) is 0 Å². The largest absolute Gasteiger partial charge is 0.445 e. The van der Waals surface area contributed by atoms with Gasteiger partial charge in [-0.2, -0.15) is 8.42 Å². The molecule has 2 saturated heterocycles. The average molecular weight is 381 g/mol. The van der Waals surface area contributed by atoms with Crippen LogP contribution < -0.4 is 5.73 Å². The predicted molar refractivity (Wildman–Crippen MR) is 86.6 cm³/mol. The highest BCUT2D eigenvalue weighted by atomic mass is 32.2. The zero-order chi connectivity index (χ0) is 19.1. The Morgan fingerprint density at radius 2 is 1.92 bits per heavy atom. The van der Waals surface area contributed by atoms with Gasteiger partial charge in [0, 0.05) is 12.6 Å². The molecule has 3 rings (SSSR count). The van der Waals surface area contributed by atoms with Crippen LogP contribution in [0.5, 0.6) is 0 Å². The van der Waals surface area contributed by atoms with E-state index in [1.54, 1.807) is 30.3 Å². The van der Waals surface area contributed by atoms with Gasteiger partial charge in [-0.3, -0.25) is 19.0 Å². The van der Waals surface area contributed by atoms with Crippen LogP contribution >= 0.6 is 0 Å². The summed E-state index contributed by atoms with van der Waals surface area (Å²) in [5, 5.41) is 0. The molecule has 0 saturated carbocycles. The Kier molecular flexibility index (Phi) is 4.42. The van der Waals surface area contributed by atoms with E-state index < -0.39 is 40.3 Å². The fourth-order valence-corrected chi connectivity index (χ4v) is 3.92. The lowest BCUT2D eigenvalue weighted by atomic mass is 9.96. The summed E-state index contributed by atoms with van der Waals surface area (Å²) in [6.45, 7) is -0.262. The molecule has 2 aliphatic rings. The van der Waals surface area contributed by atoms with Crippen molar-refractivity contribution >= 4 is 28.2 Å². The van der Waals surface area contributed by atoms with Crippen molar-refractivity contribution < 1.29 is 32.1 Å². The van der Waals surface area contributed by atoms with Crippen molar-refractivity contribution in [3.63, 3.8) is 0 Å². The summed E-state index contributed by atoms with van der Waals surface area (Å²) in [5.41, 5.74) is 5.93. The molecule has 0 aromatic heterocycles. The second-order valence-electron chi connectivity index (χ2n) is 5.79. The maximum absolute atomic E-state index is 12.3. The van der Waals surface area contributed by atoms with Crippen molar-refractivity contribution in [3.05, 3.63) is 47.5 Å². The van der Waals surface area contributed by atoms with Crippen LogP contribution in [0.15, 0.2) is 42.0 Å². The fraction of sp³-hybridized carbons (Fsp3) is 0.267. The van der Waals surface area contributed by atoms with Gasteiger partial charge in [-0.05, 0) is 11.1 Å². The Balaban J connectivity index is 1.80. The number of β-lactam (4-membered cyclic amide) rings is 1. The molecule has 1 aromatic rings. The Morgan fingerprint density at radius 1 is 1.27 bits per heavy atom. The number of nitrogens with two attached hydrogens (primary N) is 1. The van der Waals surface area contributed by atoms with E-state index in [4.69, 9.17) is 10.5 Å². The van der Waals surface area contributed by atoms with Crippen molar-refractivity contribution in [2.24, 2.45) is 5.73 Å². The molecule has 26 heavy (non-hydrogen) atoms. The van der Waals surface area contributed by atoms with Crippen molar-refractivity contribution in [2.75, 3.05) is 6.54 Å². The number of carbonyl (C=O) groups is 3. The van der Waals surface area contributed by atoms with E-state index in [9.17, 15) is 27.4 Å². The normalized spacial score (nSPS) is 23.6. The number of hydrogen-bond donors (Lipinski definition) is 2. The summed E-state index contributed by atoms with van der Waals surface area (Å²) >= 11 is 0. The number of hydrogen-bond acceptors (Lipinski definition) is 6. The maximum Gasteiger partial charge on any atom is 0.411 e. The Morgan fingerprint density at radius 3 is 2.50 bits per heavy atom. The number of amides is 3. The molecular formula is C15H15N3O7S. The van der Waals surface area contributed by atoms with Gasteiger partial charge in [0.2, 0.25) is 5.91 Å². The van der Waals surface area contributed by atoms with Crippen LogP contribution in [0.2, 0.25) is 0 Å². The highest BCUT2D eigenvalue weighted by molar-refractivity contribution is 7.84. The van der Waals surface area contributed by atoms with Crippen molar-refractivity contribution in [1.29, 1.82) is 0 Å². The summed E-state index contributed by atoms with van der Waals surface area (Å²) < 4.78 is 37.3. The lowest BCUT2D eigenvalue weighted by Crippen LogP contribution is -2.68. The molecule has 1 aromatic carbocycles. The van der Waals surface area contributed by atoms with Crippen LogP contribution in [-0.4, -0.2) is 58.7 Å². The SMILES string of the molecule is NC(=O)/C=C1\CN(C(=O)OCc2ccccc2)[C@@H]2C(=O)N(S(=O)(=O)O)[C@H]12. The van der Waals surface area contributed by atoms with Crippen LogP contribution in [-0.2, 0) is 31.2 Å². The number of primary amides is 1. The molecule has 11 heteroatoms. The van der Waals surface area contributed by atoms with E-state index >= 15 is 0 Å². The van der Waals surface area contributed by atoms with Crippen molar-refractivity contribution in [3.8, 4) is 0 Å². The Hall–Kier alpha value is -2.92. The predicted octanol–water partition coefficient (Wildman–Crippen LogP) is -0.567. The van der Waals surface area contributed by atoms with Crippen LogP contribution in [0.25, 0.3) is 0 Å². The van der Waals surface area contributed by atoms with Gasteiger partial charge in [-0.15, -0.1) is 0 Å². The van der Waals surface area contributed by atoms with E-state index in [2.05, 4.69) is 0 Å². The first-order chi connectivity index (χ1) is 12.2. The monoisotopic (exact) mass is 381 g/mol. The topological polar surface area (TPSA) is 147 Å². The molecule has 2 aliphatic heterocycles. The first kappa shape index (κ1) is 17.9. The van der Waals surface area contributed by atoms with Gasteiger partial charge in [-0.1, -0.05) is 30.3 Å². The number of ether oxygens (including phenoxy) is 1. The highest BCUT2D eigenvalue weighted by Gasteiger charge is 2.62. The molecule has 3 N–H and O–H groups in total. The zero-order valence-corrected chi connectivity index (χ0v) is 14.1. The third kappa shape index (κ3) is 3.13. The number of likely N-dealkylation sites (tertiary alicyclic amines) is 1. The van der Waals surface area contributed by atoms with Crippen LogP contribution in [0.1, 0.15) is 5.56 Å². The van der Waals surface area contributed by atoms with E-state index in [-0.39, 0.29) is 23.0 Å². The lowest BCUT2D eigenvalue weighted by Gasteiger charge is -2.42. The number of benzene rings is 1. The molecule has 10 nitrogen and oxygen atoms in total. The van der Waals surface area contributed by atoms with Gasteiger partial charge < -0.3 is 10.5 Å². The molecule has 0 unspecified atom stereocenters. The molecule has 2 heterocycles. The lowest BCUT2D eigenvalue weighted by molar-refractivity contribution is -0.143. The van der Waals surface area contributed by atoms with Gasteiger partial charge in [0.1, 0.15) is 18.7 Å². The number of fused-ring (bicyclic) bond motifs is 1. The van der Waals surface area contributed by atoms with Crippen LogP contribution in [0, 0.1) is 0 Å². The first-order valence-corrected chi connectivity index (χ1v) is 8.87. The summed E-state index contributed by atoms with van der Waals surface area (Å²) in [4.78, 5) is 36.6. The van der Waals surface area contributed by atoms with Gasteiger partial charge in [0.15, 0.2) is 0 Å². The third-order valence-corrected chi connectivity index (χ3v) is 5.01. The zero-order valence-electron chi connectivity index (χ0n) is 13.3. The Labute approximate surface area is 148 Å². The molecule has 2 fully saturated rings. The van der Waals surface area contributed by atoms with Gasteiger partial charge in [0.05, 0.1) is 0 Å². The molecular weight excluding hydrogens is 366 g/mol. The number of rotatable bonds is 4. The summed E-state index contributed by atoms with van der Waals surface area (Å²) in [6, 6.07) is 6.47. The number of carbonyl (C=O) groups excluding carboxylic acids is 3. The minimum absolute atomic E-state index is 0.0430. The summed E-state index contributed by atoms with van der Waals surface area (Å²) in [5.74, 6) is -1.85. The van der Waals surface area contributed by atoms with Gasteiger partial charge in [0.25, 0.3) is 5.91 Å². The first-order valence-electron chi connectivity index (χ1n) is 7.48. The second kappa shape index (κ2) is 6.42. The van der Waals surface area contributed by atoms with Crippen LogP contribution in [0.4, 0.5) is 4.79 Å². The van der Waals surface area contributed by atoms with Crippen LogP contribution in [0.3, 0.4) is 0 Å². The summed E-state index contributed by atoms with van der Waals surface area (Å²) in [7, 11) is -4.83. The molecule has 0 spiro atoms. The third-order valence-electron chi connectivity index (χ3n) is 4.11. The molecule has 0 aliphatic carbocycles. The fourth-order valence-electron chi connectivity index (χ4n) is 3.05. The minimum Gasteiger partial charge on any atom is -0.445 e. The summed E-state index contributed by atoms with van der Waals surface area (Å²) in [6.07, 6.45) is 0.0901. The standard InChI is InChI=1S/C15H15N3O7S/c16-11(19)6-10-7-17(13-12(10)18(14(13)20)26(22,23)24)15(21)25-8-9-4-2-1-3-5-9/h1-6,12-13H,7-8H2,(H2,16,19)(H,22,23,24)/b10-6+/t12-,13+/m1/s1. The molecule has 3 amide bonds. The Bertz CT molecular complexity index is 897. The van der Waals surface area contributed by atoms with Gasteiger partial charge >= 0.3 is 16.4 Å². The average Bonchev–Trinajstić information content (AvgIpc) is 2.85. The molecule has 0 radical (unpaired) electrons. The minimum atomic E-state index is -4.83. The second-order valence-corrected chi connectivity index (χ2v) is 7.08. The quantitative estimate of drug-likeness (QED) is 0.403. The van der Waals surface area contributed by atoms with E-state index in [0.717, 1.165) is 16.5 Å². The maximum atomic E-state index is 12.3. The van der Waals surface area contributed by atoms with Gasteiger partial charge in [-0.25, -0.2) is 9.10 Å². The van der Waals surface area contributed by atoms with Crippen molar-refractivity contribution in [1.82, 2.24) is 9.21 Å². The smallest absolute Gasteiger partial charge is 0.411 e. The number of nitrogens with zero attached hydrogens (tertiary/aromatic N) is 2. The van der Waals surface area contributed by atoms with E-state index in [1.807, 2.05) is 0 Å².